The summed E-state index contributed by atoms with van der Waals surface area (Å²) in [6.45, 7) is 5.34. The zero-order valence-corrected chi connectivity index (χ0v) is 12.7. The summed E-state index contributed by atoms with van der Waals surface area (Å²) < 4.78 is 6.36. The third kappa shape index (κ3) is 3.78. The molecule has 1 N–H and O–H groups in total. The van der Waals surface area contributed by atoms with E-state index in [2.05, 4.69) is 32.7 Å². The Labute approximate surface area is 119 Å². The average molecular weight is 333 g/mol. The van der Waals surface area contributed by atoms with Crippen LogP contribution in [0.2, 0.25) is 0 Å². The first-order valence-corrected chi connectivity index (χ1v) is 7.67. The molecule has 18 heavy (non-hydrogen) atoms. The Bertz CT molecular complexity index is 405. The second kappa shape index (κ2) is 6.65. The standard InChI is InChI=1S/C12H17BrN2O2S/c1-9(12(16)15-2-4-17-5-3-15)14-7-10-6-11(13)18-8-10/h6,8-9,14H,2-5,7H2,1H3. The van der Waals surface area contributed by atoms with Crippen molar-refractivity contribution in [3.05, 3.63) is 20.8 Å². The van der Waals surface area contributed by atoms with Gasteiger partial charge >= 0.3 is 0 Å². The van der Waals surface area contributed by atoms with E-state index in [9.17, 15) is 4.79 Å². The molecule has 1 saturated heterocycles. The zero-order valence-electron chi connectivity index (χ0n) is 10.3. The molecule has 4 nitrogen and oxygen atoms in total. The highest BCUT2D eigenvalue weighted by Gasteiger charge is 2.21. The van der Waals surface area contributed by atoms with Gasteiger partial charge in [-0.1, -0.05) is 0 Å². The largest absolute Gasteiger partial charge is 0.378 e. The van der Waals surface area contributed by atoms with Crippen LogP contribution >= 0.6 is 27.3 Å². The van der Waals surface area contributed by atoms with E-state index in [1.807, 2.05) is 11.8 Å². The molecular formula is C12H17BrN2O2S. The lowest BCUT2D eigenvalue weighted by Crippen LogP contribution is -2.49. The minimum absolute atomic E-state index is 0.151. The number of ether oxygens (including phenoxy) is 1. The van der Waals surface area contributed by atoms with Crippen LogP contribution in [0.3, 0.4) is 0 Å². The topological polar surface area (TPSA) is 41.6 Å². The molecule has 1 fully saturated rings. The van der Waals surface area contributed by atoms with Gasteiger partial charge in [0, 0.05) is 19.6 Å². The van der Waals surface area contributed by atoms with Gasteiger partial charge in [-0.15, -0.1) is 11.3 Å². The van der Waals surface area contributed by atoms with Gasteiger partial charge < -0.3 is 15.0 Å². The first-order valence-electron chi connectivity index (χ1n) is 5.99. The van der Waals surface area contributed by atoms with Crippen molar-refractivity contribution in [3.63, 3.8) is 0 Å². The van der Waals surface area contributed by atoms with Crippen molar-refractivity contribution in [1.29, 1.82) is 0 Å². The van der Waals surface area contributed by atoms with E-state index in [1.54, 1.807) is 11.3 Å². The van der Waals surface area contributed by atoms with Crippen LogP contribution in [0.1, 0.15) is 12.5 Å². The third-order valence-corrected chi connectivity index (χ3v) is 4.48. The van der Waals surface area contributed by atoms with E-state index >= 15 is 0 Å². The SMILES string of the molecule is CC(NCc1csc(Br)c1)C(=O)N1CCOCC1. The molecule has 2 rings (SSSR count). The van der Waals surface area contributed by atoms with Crippen molar-refractivity contribution in [1.82, 2.24) is 10.2 Å². The van der Waals surface area contributed by atoms with Gasteiger partial charge in [0.2, 0.25) is 5.91 Å². The van der Waals surface area contributed by atoms with Gasteiger partial charge in [0.25, 0.3) is 0 Å². The molecule has 0 aromatic carbocycles. The molecule has 0 saturated carbocycles. The smallest absolute Gasteiger partial charge is 0.239 e. The van der Waals surface area contributed by atoms with Crippen LogP contribution in [0.5, 0.6) is 0 Å². The first kappa shape index (κ1) is 14.0. The Morgan fingerprint density at radius 2 is 2.33 bits per heavy atom. The summed E-state index contributed by atoms with van der Waals surface area (Å²) in [6.07, 6.45) is 0. The predicted molar refractivity (Wildman–Crippen MR) is 75.7 cm³/mol. The van der Waals surface area contributed by atoms with E-state index in [0.29, 0.717) is 26.3 Å². The van der Waals surface area contributed by atoms with Crippen molar-refractivity contribution in [2.75, 3.05) is 26.3 Å². The highest BCUT2D eigenvalue weighted by atomic mass is 79.9. The van der Waals surface area contributed by atoms with E-state index in [1.165, 1.54) is 5.56 Å². The van der Waals surface area contributed by atoms with Gasteiger partial charge in [-0.3, -0.25) is 4.79 Å². The molecular weight excluding hydrogens is 316 g/mol. The number of hydrogen-bond acceptors (Lipinski definition) is 4. The number of nitrogens with one attached hydrogen (secondary N) is 1. The van der Waals surface area contributed by atoms with Gasteiger partial charge in [0.15, 0.2) is 0 Å². The zero-order chi connectivity index (χ0) is 13.0. The minimum Gasteiger partial charge on any atom is -0.378 e. The van der Waals surface area contributed by atoms with Gasteiger partial charge in [0.1, 0.15) is 0 Å². The molecule has 1 aliphatic heterocycles. The maximum atomic E-state index is 12.1. The van der Waals surface area contributed by atoms with Gasteiger partial charge in [0.05, 0.1) is 23.0 Å². The lowest BCUT2D eigenvalue weighted by atomic mass is 10.2. The summed E-state index contributed by atoms with van der Waals surface area (Å²) in [5.41, 5.74) is 1.20. The maximum absolute atomic E-state index is 12.1. The molecule has 1 atom stereocenters. The van der Waals surface area contributed by atoms with Crippen molar-refractivity contribution in [3.8, 4) is 0 Å². The number of nitrogens with zero attached hydrogens (tertiary/aromatic N) is 1. The summed E-state index contributed by atoms with van der Waals surface area (Å²) in [7, 11) is 0. The van der Waals surface area contributed by atoms with Gasteiger partial charge in [-0.25, -0.2) is 0 Å². The molecule has 1 aromatic rings. The fraction of sp³-hybridized carbons (Fsp3) is 0.583. The fourth-order valence-electron chi connectivity index (χ4n) is 1.85. The summed E-state index contributed by atoms with van der Waals surface area (Å²) >= 11 is 5.09. The van der Waals surface area contributed by atoms with Crippen LogP contribution in [0.4, 0.5) is 0 Å². The molecule has 2 heterocycles. The normalized spacial score (nSPS) is 17.8. The molecule has 6 heteroatoms. The quantitative estimate of drug-likeness (QED) is 0.914. The van der Waals surface area contributed by atoms with E-state index in [-0.39, 0.29) is 11.9 Å². The van der Waals surface area contributed by atoms with Crippen LogP contribution in [-0.2, 0) is 16.1 Å². The summed E-state index contributed by atoms with van der Waals surface area (Å²) in [4.78, 5) is 14.0. The summed E-state index contributed by atoms with van der Waals surface area (Å²) in [6, 6.07) is 1.92. The number of thiophene rings is 1. The molecule has 1 amide bonds. The van der Waals surface area contributed by atoms with Gasteiger partial charge in [-0.2, -0.15) is 0 Å². The van der Waals surface area contributed by atoms with E-state index in [4.69, 9.17) is 4.74 Å². The van der Waals surface area contributed by atoms with Crippen molar-refractivity contribution in [2.24, 2.45) is 0 Å². The third-order valence-electron chi connectivity index (χ3n) is 2.93. The molecule has 1 unspecified atom stereocenters. The lowest BCUT2D eigenvalue weighted by molar-refractivity contribution is -0.137. The van der Waals surface area contributed by atoms with Crippen molar-refractivity contribution >= 4 is 33.2 Å². The number of carbonyl (C=O) groups excluding carboxylic acids is 1. The highest BCUT2D eigenvalue weighted by Crippen LogP contribution is 2.20. The summed E-state index contributed by atoms with van der Waals surface area (Å²) in [5.74, 6) is 0.160. The Balaban J connectivity index is 1.79. The predicted octanol–water partition coefficient (Wildman–Crippen LogP) is 1.85. The second-order valence-electron chi connectivity index (χ2n) is 4.30. The molecule has 0 spiro atoms. The minimum atomic E-state index is -0.151. The molecule has 1 aliphatic rings. The molecule has 0 radical (unpaired) electrons. The highest BCUT2D eigenvalue weighted by molar-refractivity contribution is 9.11. The Morgan fingerprint density at radius 1 is 1.61 bits per heavy atom. The molecule has 0 aliphatic carbocycles. The van der Waals surface area contributed by atoms with Gasteiger partial charge in [-0.05, 0) is 39.9 Å². The average Bonchev–Trinajstić information content (AvgIpc) is 2.82. The Kier molecular flexibility index (Phi) is 5.17. The van der Waals surface area contributed by atoms with Crippen LogP contribution in [-0.4, -0.2) is 43.2 Å². The summed E-state index contributed by atoms with van der Waals surface area (Å²) in [5, 5.41) is 5.35. The monoisotopic (exact) mass is 332 g/mol. The second-order valence-corrected chi connectivity index (χ2v) is 6.59. The van der Waals surface area contributed by atoms with Crippen LogP contribution in [0.25, 0.3) is 0 Å². The molecule has 1 aromatic heterocycles. The van der Waals surface area contributed by atoms with Crippen LogP contribution in [0.15, 0.2) is 15.2 Å². The van der Waals surface area contributed by atoms with Crippen LogP contribution in [0, 0.1) is 0 Å². The van der Waals surface area contributed by atoms with Crippen molar-refractivity contribution < 1.29 is 9.53 Å². The first-order chi connectivity index (χ1) is 8.66. The van der Waals surface area contributed by atoms with Crippen LogP contribution < -0.4 is 5.32 Å². The lowest BCUT2D eigenvalue weighted by Gasteiger charge is -2.29. The van der Waals surface area contributed by atoms with E-state index < -0.39 is 0 Å². The number of hydrogen-bond donors (Lipinski definition) is 1. The van der Waals surface area contributed by atoms with Crippen molar-refractivity contribution in [2.45, 2.75) is 19.5 Å². The fourth-order valence-corrected chi connectivity index (χ4v) is 3.06. The molecule has 0 bridgehead atoms. The number of carbonyl (C=O) groups is 1. The molecule has 100 valence electrons. The number of morpholine rings is 1. The Hall–Kier alpha value is -0.430. The maximum Gasteiger partial charge on any atom is 0.239 e. The van der Waals surface area contributed by atoms with E-state index in [0.717, 1.165) is 10.3 Å². The number of rotatable bonds is 4. The number of amides is 1. The number of halogens is 1. The Morgan fingerprint density at radius 3 is 2.94 bits per heavy atom.